The van der Waals surface area contributed by atoms with E-state index in [-0.39, 0.29) is 11.5 Å². The maximum Gasteiger partial charge on any atom is 0.269 e. The van der Waals surface area contributed by atoms with Crippen molar-refractivity contribution >= 4 is 21.6 Å². The molecule has 0 saturated heterocycles. The van der Waals surface area contributed by atoms with Gasteiger partial charge in [-0.1, -0.05) is 18.2 Å². The van der Waals surface area contributed by atoms with Crippen molar-refractivity contribution in [2.24, 2.45) is 0 Å². The van der Waals surface area contributed by atoms with Crippen molar-refractivity contribution < 1.29 is 9.31 Å². The molecule has 0 aliphatic heterocycles. The molecule has 0 bridgehead atoms. The zero-order valence-electron chi connectivity index (χ0n) is 11.2. The largest absolute Gasteiger partial charge is 0.312 e. The van der Waals surface area contributed by atoms with E-state index in [1.54, 1.807) is 18.2 Å². The average Bonchev–Trinajstić information content (AvgIpc) is 2.47. The van der Waals surface area contributed by atoms with Crippen molar-refractivity contribution in [3.05, 3.63) is 74.0 Å². The van der Waals surface area contributed by atoms with Gasteiger partial charge in [0.1, 0.15) is 5.82 Å². The minimum Gasteiger partial charge on any atom is -0.312 e. The predicted molar refractivity (Wildman–Crippen MR) is 82.6 cm³/mol. The quantitative estimate of drug-likeness (QED) is 0.488. The van der Waals surface area contributed by atoms with Crippen LogP contribution in [0, 0.1) is 15.9 Å². The number of hydrogen-bond donors (Lipinski definition) is 1. The van der Waals surface area contributed by atoms with Gasteiger partial charge in [-0.15, -0.1) is 0 Å². The molecule has 2 aromatic carbocycles. The van der Waals surface area contributed by atoms with Crippen molar-refractivity contribution in [1.82, 2.24) is 5.32 Å². The molecule has 0 aliphatic rings. The van der Waals surface area contributed by atoms with Crippen LogP contribution in [0.15, 0.2) is 46.9 Å². The summed E-state index contributed by atoms with van der Waals surface area (Å²) in [4.78, 5) is 10.1. The smallest absolute Gasteiger partial charge is 0.269 e. The molecule has 0 spiro atoms. The van der Waals surface area contributed by atoms with Crippen molar-refractivity contribution in [3.63, 3.8) is 0 Å². The number of nitrogens with zero attached hydrogens (tertiary/aromatic N) is 1. The third-order valence-electron chi connectivity index (χ3n) is 3.05. The zero-order valence-corrected chi connectivity index (χ0v) is 12.8. The molecule has 0 fully saturated rings. The van der Waals surface area contributed by atoms with Crippen LogP contribution in [0.4, 0.5) is 10.1 Å². The Bertz CT molecular complexity index is 632. The van der Waals surface area contributed by atoms with Crippen LogP contribution >= 0.6 is 15.9 Å². The van der Waals surface area contributed by atoms with Gasteiger partial charge in [0.25, 0.3) is 5.69 Å². The molecular weight excluding hydrogens is 339 g/mol. The van der Waals surface area contributed by atoms with Gasteiger partial charge in [0.15, 0.2) is 0 Å². The van der Waals surface area contributed by atoms with E-state index in [0.29, 0.717) is 11.0 Å². The molecule has 21 heavy (non-hydrogen) atoms. The second-order valence-electron chi connectivity index (χ2n) is 4.60. The monoisotopic (exact) mass is 352 g/mol. The number of halogens is 2. The van der Waals surface area contributed by atoms with E-state index in [1.807, 2.05) is 6.07 Å². The minimum atomic E-state index is -0.413. The van der Waals surface area contributed by atoms with Gasteiger partial charge in [-0.2, -0.15) is 0 Å². The fourth-order valence-corrected chi connectivity index (χ4v) is 2.15. The molecule has 4 nitrogen and oxygen atoms in total. The standard InChI is InChI=1S/C15H14BrFN2O2/c16-14-6-3-12(9-15(14)17)10-18-8-7-11-1-4-13(5-2-11)19(20)21/h1-6,9,18H,7-8,10H2. The summed E-state index contributed by atoms with van der Waals surface area (Å²) in [6.45, 7) is 1.30. The number of nitro groups is 1. The average molecular weight is 353 g/mol. The van der Waals surface area contributed by atoms with Gasteiger partial charge in [0.05, 0.1) is 9.40 Å². The fraction of sp³-hybridized carbons (Fsp3) is 0.200. The molecule has 0 radical (unpaired) electrons. The molecule has 110 valence electrons. The first kappa shape index (κ1) is 15.6. The van der Waals surface area contributed by atoms with Gasteiger partial charge in [-0.3, -0.25) is 10.1 Å². The molecule has 0 atom stereocenters. The molecule has 0 unspecified atom stereocenters. The van der Waals surface area contributed by atoms with Gasteiger partial charge in [0.2, 0.25) is 0 Å². The Kier molecular flexibility index (Phi) is 5.41. The second-order valence-corrected chi connectivity index (χ2v) is 5.45. The van der Waals surface area contributed by atoms with E-state index in [2.05, 4.69) is 21.2 Å². The molecule has 0 aromatic heterocycles. The molecule has 0 saturated carbocycles. The molecule has 1 N–H and O–H groups in total. The van der Waals surface area contributed by atoms with Crippen LogP contribution in [-0.4, -0.2) is 11.5 Å². The van der Waals surface area contributed by atoms with Crippen molar-refractivity contribution in [3.8, 4) is 0 Å². The Labute approximate surface area is 130 Å². The van der Waals surface area contributed by atoms with E-state index in [1.165, 1.54) is 18.2 Å². The van der Waals surface area contributed by atoms with Crippen LogP contribution in [0.5, 0.6) is 0 Å². The summed E-state index contributed by atoms with van der Waals surface area (Å²) in [5.41, 5.74) is 1.99. The van der Waals surface area contributed by atoms with E-state index in [9.17, 15) is 14.5 Å². The summed E-state index contributed by atoms with van der Waals surface area (Å²) in [6.07, 6.45) is 0.761. The first-order valence-corrected chi connectivity index (χ1v) is 7.23. The summed E-state index contributed by atoms with van der Waals surface area (Å²) in [5.74, 6) is -0.273. The summed E-state index contributed by atoms with van der Waals surface area (Å²) < 4.78 is 13.8. The number of nitro benzene ring substituents is 1. The SMILES string of the molecule is O=[N+]([O-])c1ccc(CCNCc2ccc(Br)c(F)c2)cc1. The molecule has 2 aromatic rings. The lowest BCUT2D eigenvalue weighted by Crippen LogP contribution is -2.16. The summed E-state index contributed by atoms with van der Waals surface area (Å²) in [7, 11) is 0. The summed E-state index contributed by atoms with van der Waals surface area (Å²) in [6, 6.07) is 11.5. The maximum absolute atomic E-state index is 13.3. The van der Waals surface area contributed by atoms with E-state index < -0.39 is 4.92 Å². The first-order valence-electron chi connectivity index (χ1n) is 6.44. The lowest BCUT2D eigenvalue weighted by atomic mass is 10.1. The van der Waals surface area contributed by atoms with E-state index >= 15 is 0 Å². The second kappa shape index (κ2) is 7.28. The van der Waals surface area contributed by atoms with E-state index in [0.717, 1.165) is 24.1 Å². The van der Waals surface area contributed by atoms with Crippen LogP contribution in [0.2, 0.25) is 0 Å². The predicted octanol–water partition coefficient (Wildman–Crippen LogP) is 3.83. The maximum atomic E-state index is 13.3. The van der Waals surface area contributed by atoms with Gasteiger partial charge in [0, 0.05) is 18.7 Å². The van der Waals surface area contributed by atoms with Gasteiger partial charge >= 0.3 is 0 Å². The minimum absolute atomic E-state index is 0.0945. The highest BCUT2D eigenvalue weighted by atomic mass is 79.9. The highest BCUT2D eigenvalue weighted by Crippen LogP contribution is 2.16. The first-order chi connectivity index (χ1) is 10.1. The molecule has 0 heterocycles. The Morgan fingerprint density at radius 3 is 2.43 bits per heavy atom. The van der Waals surface area contributed by atoms with Crippen LogP contribution < -0.4 is 5.32 Å². The van der Waals surface area contributed by atoms with Crippen LogP contribution in [0.3, 0.4) is 0 Å². The van der Waals surface area contributed by atoms with E-state index in [4.69, 9.17) is 0 Å². The lowest BCUT2D eigenvalue weighted by Gasteiger charge is -2.06. The Balaban J connectivity index is 1.79. The molecule has 6 heteroatoms. The highest BCUT2D eigenvalue weighted by molar-refractivity contribution is 9.10. The van der Waals surface area contributed by atoms with Crippen LogP contribution in [0.1, 0.15) is 11.1 Å². The van der Waals surface area contributed by atoms with Gasteiger partial charge < -0.3 is 5.32 Å². The number of nitrogens with one attached hydrogen (secondary N) is 1. The van der Waals surface area contributed by atoms with Crippen LogP contribution in [-0.2, 0) is 13.0 Å². The summed E-state index contributed by atoms with van der Waals surface area (Å²) >= 11 is 3.11. The summed E-state index contributed by atoms with van der Waals surface area (Å²) in [5, 5.41) is 13.8. The van der Waals surface area contributed by atoms with Crippen molar-refractivity contribution in [2.75, 3.05) is 6.54 Å². The number of rotatable bonds is 6. The normalized spacial score (nSPS) is 10.6. The van der Waals surface area contributed by atoms with Crippen LogP contribution in [0.25, 0.3) is 0 Å². The lowest BCUT2D eigenvalue weighted by molar-refractivity contribution is -0.384. The topological polar surface area (TPSA) is 55.2 Å². The number of non-ortho nitro benzene ring substituents is 1. The third-order valence-corrected chi connectivity index (χ3v) is 3.69. The molecule has 2 rings (SSSR count). The third kappa shape index (κ3) is 4.61. The Morgan fingerprint density at radius 1 is 1.14 bits per heavy atom. The molecule has 0 aliphatic carbocycles. The molecule has 0 amide bonds. The highest BCUT2D eigenvalue weighted by Gasteiger charge is 2.04. The Hall–Kier alpha value is -1.79. The Morgan fingerprint density at radius 2 is 1.81 bits per heavy atom. The molecular formula is C15H14BrFN2O2. The zero-order chi connectivity index (χ0) is 15.2. The van der Waals surface area contributed by atoms with Gasteiger partial charge in [-0.05, 0) is 52.2 Å². The fourth-order valence-electron chi connectivity index (χ4n) is 1.90. The van der Waals surface area contributed by atoms with Crippen molar-refractivity contribution in [1.29, 1.82) is 0 Å². The number of hydrogen-bond acceptors (Lipinski definition) is 3. The van der Waals surface area contributed by atoms with Gasteiger partial charge in [-0.25, -0.2) is 4.39 Å². The number of benzene rings is 2. The van der Waals surface area contributed by atoms with Crippen molar-refractivity contribution in [2.45, 2.75) is 13.0 Å².